The fourth-order valence-electron chi connectivity index (χ4n) is 9.34. The van der Waals surface area contributed by atoms with Gasteiger partial charge in [0.15, 0.2) is 0 Å². The van der Waals surface area contributed by atoms with Gasteiger partial charge in [-0.1, -0.05) is 207 Å². The van der Waals surface area contributed by atoms with Crippen LogP contribution in [0.25, 0.3) is 83.9 Å². The molecule has 1 N–H and O–H groups in total. The van der Waals surface area contributed by atoms with E-state index in [1.165, 1.54) is 18.3 Å². The summed E-state index contributed by atoms with van der Waals surface area (Å²) in [6.07, 6.45) is 1.36. The summed E-state index contributed by atoms with van der Waals surface area (Å²) in [5.74, 6) is 0.557. The largest absolute Gasteiger partial charge is 0.507 e. The molecule has 9 rings (SSSR count). The van der Waals surface area contributed by atoms with Crippen LogP contribution in [0.3, 0.4) is 0 Å². The Hall–Kier alpha value is -7.04. The van der Waals surface area contributed by atoms with E-state index < -0.39 is 68.5 Å². The van der Waals surface area contributed by atoms with Crippen LogP contribution in [-0.4, -0.2) is 19.6 Å². The van der Waals surface area contributed by atoms with E-state index in [1.54, 1.807) is 0 Å². The number of hydrogen-bond acceptors (Lipinski definition) is 3. The number of phenols is 1. The van der Waals surface area contributed by atoms with Gasteiger partial charge in [0.1, 0.15) is 11.6 Å². The first-order valence-corrected chi connectivity index (χ1v) is 24.2. The van der Waals surface area contributed by atoms with Crippen molar-refractivity contribution in [1.29, 1.82) is 0 Å². The third-order valence-electron chi connectivity index (χ3n) is 13.4. The van der Waals surface area contributed by atoms with Crippen LogP contribution in [0.1, 0.15) is 156 Å². The Balaban J connectivity index is 1.38. The molecule has 0 aliphatic carbocycles. The van der Waals surface area contributed by atoms with Crippen molar-refractivity contribution in [2.75, 3.05) is 0 Å². The molecule has 366 valence electrons. The van der Waals surface area contributed by atoms with E-state index in [2.05, 4.69) is 103 Å². The molecular formula is C68H73N3O. The van der Waals surface area contributed by atoms with Crippen LogP contribution in [0, 0.1) is 0 Å². The summed E-state index contributed by atoms with van der Waals surface area (Å²) in [5.41, 5.74) is -0.276. The van der Waals surface area contributed by atoms with Crippen molar-refractivity contribution in [2.45, 2.75) is 130 Å². The van der Waals surface area contributed by atoms with Crippen molar-refractivity contribution < 1.29 is 29.8 Å². The Morgan fingerprint density at radius 1 is 0.417 bits per heavy atom. The average molecular weight is 966 g/mol. The van der Waals surface area contributed by atoms with Crippen LogP contribution in [-0.2, 0) is 27.1 Å². The van der Waals surface area contributed by atoms with Crippen LogP contribution in [0.15, 0.2) is 164 Å². The minimum atomic E-state index is -3.92. The number of phenolic OH excluding ortho intramolecular Hbond substituents is 1. The maximum Gasteiger partial charge on any atom is 0.149 e. The van der Waals surface area contributed by atoms with Crippen molar-refractivity contribution in [1.82, 2.24) is 14.5 Å². The van der Waals surface area contributed by atoms with Crippen LogP contribution < -0.4 is 0 Å². The fourth-order valence-corrected chi connectivity index (χ4v) is 9.34. The zero-order valence-electron chi connectivity index (χ0n) is 60.4. The van der Waals surface area contributed by atoms with Gasteiger partial charge in [0, 0.05) is 53.1 Å². The molecule has 9 aromatic rings. The van der Waals surface area contributed by atoms with Gasteiger partial charge in [-0.15, -0.1) is 0 Å². The first-order chi connectivity index (χ1) is 41.3. The summed E-state index contributed by atoms with van der Waals surface area (Å²) < 4.78 is 157. The SMILES string of the molecule is [2H]C([2H])([2H])C(c1cc(-c2ccnc(-c3cc(-c4ccccc4)cc(-c4cccc5c4nc(-c4cc(C(C)(C)C)cc(C(C)(C)C)c4O)n5-c4ccc(C(C)(C)C)cc4-c4ccccc4)c3)c2)cc(C(C([2H])([2H])[2H])(C([2H])([2H])[2H])C([2H])([2H])[2H])c1)(C([2H])([2H])[2H])C([2H])([2H])[2H]. The van der Waals surface area contributed by atoms with Crippen LogP contribution >= 0.6 is 0 Å². The summed E-state index contributed by atoms with van der Waals surface area (Å²) in [5, 5.41) is 12.7. The molecule has 0 atom stereocenters. The number of fused-ring (bicyclic) bond motifs is 1. The molecule has 2 heterocycles. The lowest BCUT2D eigenvalue weighted by molar-refractivity contribution is 0.446. The predicted octanol–water partition coefficient (Wildman–Crippen LogP) is 18.6. The van der Waals surface area contributed by atoms with Gasteiger partial charge in [-0.2, -0.15) is 0 Å². The number of rotatable bonds is 7. The molecule has 0 radical (unpaired) electrons. The smallest absolute Gasteiger partial charge is 0.149 e. The summed E-state index contributed by atoms with van der Waals surface area (Å²) in [7, 11) is 0. The highest BCUT2D eigenvalue weighted by Gasteiger charge is 2.30. The van der Waals surface area contributed by atoms with Crippen LogP contribution in [0.2, 0.25) is 0 Å². The summed E-state index contributed by atoms with van der Waals surface area (Å²) >= 11 is 0. The molecule has 0 fully saturated rings. The lowest BCUT2D eigenvalue weighted by Gasteiger charge is -2.28. The van der Waals surface area contributed by atoms with Crippen molar-refractivity contribution in [3.63, 3.8) is 0 Å². The molecule has 0 unspecified atom stereocenters. The molecule has 4 heteroatoms. The van der Waals surface area contributed by atoms with Gasteiger partial charge in [-0.05, 0) is 137 Å². The second-order valence-corrected chi connectivity index (χ2v) is 22.1. The summed E-state index contributed by atoms with van der Waals surface area (Å²) in [4.78, 5) is 10.4. The summed E-state index contributed by atoms with van der Waals surface area (Å²) in [6.45, 7) is -4.48. The Bertz CT molecular complexity index is 4030. The predicted molar refractivity (Wildman–Crippen MR) is 307 cm³/mol. The Labute approximate surface area is 455 Å². The Morgan fingerprint density at radius 2 is 0.986 bits per heavy atom. The van der Waals surface area contributed by atoms with Crippen molar-refractivity contribution in [2.24, 2.45) is 0 Å². The Morgan fingerprint density at radius 3 is 1.60 bits per heavy atom. The monoisotopic (exact) mass is 966 g/mol. The number of benzene rings is 7. The van der Waals surface area contributed by atoms with Crippen molar-refractivity contribution in [3.05, 3.63) is 192 Å². The number of pyridine rings is 1. The average Bonchev–Trinajstić information content (AvgIpc) is 0.814. The lowest BCUT2D eigenvalue weighted by Crippen LogP contribution is -2.17. The zero-order chi connectivity index (χ0) is 66.7. The number of nitrogens with zero attached hydrogens (tertiary/aromatic N) is 3. The van der Waals surface area contributed by atoms with Crippen LogP contribution in [0.4, 0.5) is 0 Å². The van der Waals surface area contributed by atoms with E-state index in [1.807, 2.05) is 91.0 Å². The highest BCUT2D eigenvalue weighted by Crippen LogP contribution is 2.47. The van der Waals surface area contributed by atoms with E-state index in [9.17, 15) is 5.11 Å². The topological polar surface area (TPSA) is 50.9 Å². The van der Waals surface area contributed by atoms with Gasteiger partial charge in [0.05, 0.1) is 28.0 Å². The molecule has 0 bridgehead atoms. The fraction of sp³-hybridized carbons (Fsp3) is 0.294. The molecule has 0 amide bonds. The third-order valence-corrected chi connectivity index (χ3v) is 13.4. The Kier molecular flexibility index (Phi) is 8.13. The van der Waals surface area contributed by atoms with Gasteiger partial charge in [-0.3, -0.25) is 9.55 Å². The van der Waals surface area contributed by atoms with E-state index in [-0.39, 0.29) is 33.4 Å². The van der Waals surface area contributed by atoms with E-state index in [0.717, 1.165) is 51.2 Å². The molecule has 0 spiro atoms. The third kappa shape index (κ3) is 9.94. The van der Waals surface area contributed by atoms with Crippen LogP contribution in [0.5, 0.6) is 5.75 Å². The molecule has 72 heavy (non-hydrogen) atoms. The van der Waals surface area contributed by atoms with Gasteiger partial charge in [-0.25, -0.2) is 4.98 Å². The molecule has 0 aliphatic heterocycles. The maximum absolute atomic E-state index is 12.7. The second kappa shape index (κ2) is 18.2. The molecule has 0 saturated heterocycles. The first kappa shape index (κ1) is 32.1. The minimum absolute atomic E-state index is 0.0323. The van der Waals surface area contributed by atoms with Gasteiger partial charge in [0.2, 0.25) is 0 Å². The van der Waals surface area contributed by atoms with Gasteiger partial charge in [0.25, 0.3) is 0 Å². The number of para-hydroxylation sites is 1. The first-order valence-electron chi connectivity index (χ1n) is 33.2. The molecule has 2 aromatic heterocycles. The molecule has 0 aliphatic rings. The second-order valence-electron chi connectivity index (χ2n) is 22.1. The number of aromatic hydroxyl groups is 1. The van der Waals surface area contributed by atoms with Gasteiger partial charge >= 0.3 is 0 Å². The minimum Gasteiger partial charge on any atom is -0.507 e. The molecular weight excluding hydrogens is 875 g/mol. The number of aromatic nitrogens is 3. The van der Waals surface area contributed by atoms with Gasteiger partial charge < -0.3 is 5.11 Å². The molecule has 4 nitrogen and oxygen atoms in total. The van der Waals surface area contributed by atoms with E-state index >= 15 is 0 Å². The normalized spacial score (nSPS) is 17.5. The lowest BCUT2D eigenvalue weighted by atomic mass is 9.79. The summed E-state index contributed by atoms with van der Waals surface area (Å²) in [6, 6.07) is 47.0. The molecule has 7 aromatic carbocycles. The number of hydrogen-bond donors (Lipinski definition) is 1. The van der Waals surface area contributed by atoms with E-state index in [4.69, 9.17) is 34.6 Å². The standard InChI is InChI=1S/C68H73N3O/c1-64(2,3)50-29-30-59(55(40-50)44-25-20-17-21-26-44)71-60-28-22-27-54(61(60)70-63(71)56-41-53(67(10,11)12)42-57(62(56)72)68(13,14)15)48-33-46(43-23-18-16-19-24-43)34-49(35-48)58-38-45(31-32-69-58)47-36-51(65(4,5)6)39-52(37-47)66(7,8)9/h16-42,72H,1-15H3/i4D3,5D3,6D3,7D3,8D3,9D3. The maximum atomic E-state index is 12.7. The molecule has 0 saturated carbocycles. The quantitative estimate of drug-likeness (QED) is 0.173. The van der Waals surface area contributed by atoms with E-state index in [0.29, 0.717) is 50.7 Å². The van der Waals surface area contributed by atoms with Crippen molar-refractivity contribution >= 4 is 11.0 Å². The number of imidazole rings is 1. The highest BCUT2D eigenvalue weighted by atomic mass is 16.3. The zero-order valence-corrected chi connectivity index (χ0v) is 42.4. The highest BCUT2D eigenvalue weighted by molar-refractivity contribution is 5.98. The van der Waals surface area contributed by atoms with Crippen molar-refractivity contribution in [3.8, 4) is 78.6 Å².